The predicted molar refractivity (Wildman–Crippen MR) is 94.1 cm³/mol. The molecule has 1 heterocycles. The van der Waals surface area contributed by atoms with Crippen LogP contribution in [0.25, 0.3) is 6.08 Å². The van der Waals surface area contributed by atoms with E-state index in [2.05, 4.69) is 85.5 Å². The molecule has 1 nitrogen and oxygen atoms in total. The Balaban J connectivity index is 1.97. The number of allylic oxidation sites excluding steroid dienone is 3. The molecule has 1 heteroatoms. The van der Waals surface area contributed by atoms with Crippen LogP contribution >= 0.6 is 0 Å². The summed E-state index contributed by atoms with van der Waals surface area (Å²) in [6.45, 7) is 4.47. The van der Waals surface area contributed by atoms with Crippen LogP contribution < -0.4 is 4.90 Å². The number of para-hydroxylation sites is 2. The number of fused-ring (bicyclic) bond motifs is 2. The molecule has 0 N–H and O–H groups in total. The summed E-state index contributed by atoms with van der Waals surface area (Å²) in [5.74, 6) is 0. The molecule has 0 bridgehead atoms. The van der Waals surface area contributed by atoms with Crippen molar-refractivity contribution in [2.45, 2.75) is 20.3 Å². The lowest BCUT2D eigenvalue weighted by atomic mass is 9.86. The second-order valence-electron chi connectivity index (χ2n) is 5.99. The van der Waals surface area contributed by atoms with E-state index < -0.39 is 0 Å². The monoisotopic (exact) mass is 285 g/mol. The van der Waals surface area contributed by atoms with Gasteiger partial charge in [0.25, 0.3) is 0 Å². The Kier molecular flexibility index (Phi) is 3.00. The zero-order valence-electron chi connectivity index (χ0n) is 13.0. The van der Waals surface area contributed by atoms with Crippen molar-refractivity contribution in [2.75, 3.05) is 4.90 Å². The van der Waals surface area contributed by atoms with E-state index in [0.717, 1.165) is 6.42 Å². The second-order valence-corrected chi connectivity index (χ2v) is 5.99. The molecule has 0 atom stereocenters. The summed E-state index contributed by atoms with van der Waals surface area (Å²) in [6.07, 6.45) is 5.72. The maximum absolute atomic E-state index is 2.39. The van der Waals surface area contributed by atoms with Crippen LogP contribution in [0.2, 0.25) is 0 Å². The highest BCUT2D eigenvalue weighted by Gasteiger charge is 2.27. The molecule has 0 saturated heterocycles. The highest BCUT2D eigenvalue weighted by atomic mass is 15.2. The van der Waals surface area contributed by atoms with Gasteiger partial charge in [-0.2, -0.15) is 0 Å². The SMILES string of the molecule is CC1=C(C)C2=Cc3ccccc3N(c3ccccc3)C2=CC1. The number of hydrogen-bond acceptors (Lipinski definition) is 1. The van der Waals surface area contributed by atoms with Crippen LogP contribution in [0.5, 0.6) is 0 Å². The number of rotatable bonds is 1. The van der Waals surface area contributed by atoms with Crippen molar-refractivity contribution >= 4 is 17.5 Å². The third-order valence-corrected chi connectivity index (χ3v) is 4.65. The molecule has 0 radical (unpaired) electrons. The van der Waals surface area contributed by atoms with E-state index in [1.807, 2.05) is 0 Å². The molecule has 1 aliphatic carbocycles. The Morgan fingerprint density at radius 2 is 1.59 bits per heavy atom. The van der Waals surface area contributed by atoms with Gasteiger partial charge in [0.15, 0.2) is 0 Å². The quantitative estimate of drug-likeness (QED) is 0.635. The zero-order chi connectivity index (χ0) is 15.1. The zero-order valence-corrected chi connectivity index (χ0v) is 13.0. The van der Waals surface area contributed by atoms with Gasteiger partial charge in [-0.05, 0) is 55.7 Å². The molecule has 0 saturated carbocycles. The summed E-state index contributed by atoms with van der Waals surface area (Å²) in [5, 5.41) is 0. The van der Waals surface area contributed by atoms with E-state index >= 15 is 0 Å². The summed E-state index contributed by atoms with van der Waals surface area (Å²) in [4.78, 5) is 2.39. The van der Waals surface area contributed by atoms with Gasteiger partial charge in [0.2, 0.25) is 0 Å². The van der Waals surface area contributed by atoms with Crippen molar-refractivity contribution in [1.82, 2.24) is 0 Å². The van der Waals surface area contributed by atoms with Crippen LogP contribution in [0.4, 0.5) is 11.4 Å². The number of nitrogens with zero attached hydrogens (tertiary/aromatic N) is 1. The van der Waals surface area contributed by atoms with Crippen LogP contribution in [0, 0.1) is 0 Å². The molecular formula is C21H19N. The fourth-order valence-electron chi connectivity index (χ4n) is 3.28. The average molecular weight is 285 g/mol. The third-order valence-electron chi connectivity index (χ3n) is 4.65. The Morgan fingerprint density at radius 3 is 2.41 bits per heavy atom. The molecule has 2 aromatic carbocycles. The van der Waals surface area contributed by atoms with E-state index in [1.165, 1.54) is 39.4 Å². The van der Waals surface area contributed by atoms with Gasteiger partial charge in [0, 0.05) is 17.0 Å². The van der Waals surface area contributed by atoms with Crippen molar-refractivity contribution in [3.63, 3.8) is 0 Å². The average Bonchev–Trinajstić information content (AvgIpc) is 2.57. The molecule has 0 aromatic heterocycles. The molecular weight excluding hydrogens is 266 g/mol. The van der Waals surface area contributed by atoms with E-state index in [0.29, 0.717) is 0 Å². The fraction of sp³-hybridized carbons (Fsp3) is 0.143. The fourth-order valence-corrected chi connectivity index (χ4v) is 3.28. The van der Waals surface area contributed by atoms with Crippen LogP contribution in [0.3, 0.4) is 0 Å². The minimum atomic E-state index is 1.03. The first kappa shape index (κ1) is 13.1. The van der Waals surface area contributed by atoms with Gasteiger partial charge >= 0.3 is 0 Å². The minimum absolute atomic E-state index is 1.03. The molecule has 0 amide bonds. The Hall–Kier alpha value is -2.54. The standard InChI is InChI=1S/C21H19N/c1-15-12-13-21-19(16(15)2)14-17-8-6-7-11-20(17)22(21)18-9-4-3-5-10-18/h3-11,13-14H,12H2,1-2H3. The summed E-state index contributed by atoms with van der Waals surface area (Å²) < 4.78 is 0. The van der Waals surface area contributed by atoms with Gasteiger partial charge in [0.1, 0.15) is 0 Å². The molecule has 0 spiro atoms. The highest BCUT2D eigenvalue weighted by molar-refractivity contribution is 5.88. The minimum Gasteiger partial charge on any atom is -0.310 e. The molecule has 2 aliphatic rings. The first-order valence-electron chi connectivity index (χ1n) is 7.79. The van der Waals surface area contributed by atoms with Crippen molar-refractivity contribution in [3.05, 3.63) is 88.7 Å². The maximum Gasteiger partial charge on any atom is 0.0534 e. The van der Waals surface area contributed by atoms with Gasteiger partial charge in [-0.15, -0.1) is 0 Å². The number of benzene rings is 2. The van der Waals surface area contributed by atoms with Gasteiger partial charge in [-0.1, -0.05) is 48.0 Å². The molecule has 108 valence electrons. The van der Waals surface area contributed by atoms with E-state index in [9.17, 15) is 0 Å². The third kappa shape index (κ3) is 1.93. The van der Waals surface area contributed by atoms with Crippen LogP contribution in [-0.4, -0.2) is 0 Å². The topological polar surface area (TPSA) is 3.24 Å². The number of anilines is 2. The maximum atomic E-state index is 2.39. The molecule has 4 rings (SSSR count). The Bertz CT molecular complexity index is 822. The summed E-state index contributed by atoms with van der Waals surface area (Å²) in [5.41, 5.74) is 9.30. The molecule has 0 unspecified atom stereocenters. The van der Waals surface area contributed by atoms with Gasteiger partial charge in [0.05, 0.1) is 5.69 Å². The van der Waals surface area contributed by atoms with E-state index in [1.54, 1.807) is 0 Å². The first-order chi connectivity index (χ1) is 10.8. The summed E-state index contributed by atoms with van der Waals surface area (Å²) in [7, 11) is 0. The number of hydrogen-bond donors (Lipinski definition) is 0. The van der Waals surface area contributed by atoms with Crippen LogP contribution in [-0.2, 0) is 0 Å². The first-order valence-corrected chi connectivity index (χ1v) is 7.79. The van der Waals surface area contributed by atoms with E-state index in [4.69, 9.17) is 0 Å². The van der Waals surface area contributed by atoms with Gasteiger partial charge in [-0.3, -0.25) is 0 Å². The molecule has 22 heavy (non-hydrogen) atoms. The van der Waals surface area contributed by atoms with Crippen molar-refractivity contribution < 1.29 is 0 Å². The normalized spacial score (nSPS) is 16.7. The van der Waals surface area contributed by atoms with Crippen molar-refractivity contribution in [1.29, 1.82) is 0 Å². The lowest BCUT2D eigenvalue weighted by Crippen LogP contribution is -2.24. The van der Waals surface area contributed by atoms with Gasteiger partial charge in [-0.25, -0.2) is 0 Å². The highest BCUT2D eigenvalue weighted by Crippen LogP contribution is 2.44. The molecule has 0 fully saturated rings. The van der Waals surface area contributed by atoms with Gasteiger partial charge < -0.3 is 4.90 Å². The Morgan fingerprint density at radius 1 is 0.864 bits per heavy atom. The predicted octanol–water partition coefficient (Wildman–Crippen LogP) is 5.85. The molecule has 1 aliphatic heterocycles. The summed E-state index contributed by atoms with van der Waals surface area (Å²) in [6, 6.07) is 19.3. The van der Waals surface area contributed by atoms with Crippen LogP contribution in [0.1, 0.15) is 25.8 Å². The second kappa shape index (κ2) is 5.03. The largest absolute Gasteiger partial charge is 0.310 e. The lowest BCUT2D eigenvalue weighted by Gasteiger charge is -2.36. The lowest BCUT2D eigenvalue weighted by molar-refractivity contribution is 1.03. The molecule has 2 aromatic rings. The van der Waals surface area contributed by atoms with Crippen molar-refractivity contribution in [2.24, 2.45) is 0 Å². The van der Waals surface area contributed by atoms with Crippen LogP contribution in [0.15, 0.2) is 83.1 Å². The smallest absolute Gasteiger partial charge is 0.0534 e. The van der Waals surface area contributed by atoms with E-state index in [-0.39, 0.29) is 0 Å². The summed E-state index contributed by atoms with van der Waals surface area (Å²) >= 11 is 0. The Labute approximate surface area is 131 Å². The van der Waals surface area contributed by atoms with Crippen molar-refractivity contribution in [3.8, 4) is 0 Å².